The summed E-state index contributed by atoms with van der Waals surface area (Å²) in [6.07, 6.45) is 8.80. The molecule has 4 nitrogen and oxygen atoms in total. The van der Waals surface area contributed by atoms with Crippen molar-refractivity contribution in [3.63, 3.8) is 0 Å². The number of likely N-dealkylation sites (tertiary alicyclic amines) is 1. The monoisotopic (exact) mass is 482 g/mol. The molecule has 5 heteroatoms. The van der Waals surface area contributed by atoms with Gasteiger partial charge in [-0.2, -0.15) is 0 Å². The molecule has 35 heavy (non-hydrogen) atoms. The van der Waals surface area contributed by atoms with Gasteiger partial charge in [0.1, 0.15) is 0 Å². The largest absolute Gasteiger partial charge is 0.299 e. The molecule has 0 bridgehead atoms. The van der Waals surface area contributed by atoms with Gasteiger partial charge in [-0.05, 0) is 70.9 Å². The van der Waals surface area contributed by atoms with Crippen LogP contribution in [-0.2, 0) is 10.0 Å². The topological polar surface area (TPSA) is 63.4 Å². The summed E-state index contributed by atoms with van der Waals surface area (Å²) in [6.45, 7) is 4.98. The molecule has 1 aliphatic heterocycles. The summed E-state index contributed by atoms with van der Waals surface area (Å²) in [7, 11) is -3.66. The van der Waals surface area contributed by atoms with Gasteiger partial charge >= 0.3 is 0 Å². The van der Waals surface area contributed by atoms with Gasteiger partial charge < -0.3 is 0 Å². The maximum Gasteiger partial charge on any atom is 0.238 e. The minimum absolute atomic E-state index is 0.141. The molecule has 0 radical (unpaired) electrons. The summed E-state index contributed by atoms with van der Waals surface area (Å²) >= 11 is 0. The summed E-state index contributed by atoms with van der Waals surface area (Å²) in [4.78, 5) is 2.63. The van der Waals surface area contributed by atoms with Crippen LogP contribution in [0.3, 0.4) is 0 Å². The highest BCUT2D eigenvalue weighted by Crippen LogP contribution is 2.38. The van der Waals surface area contributed by atoms with Crippen molar-refractivity contribution in [3.8, 4) is 0 Å². The van der Waals surface area contributed by atoms with Crippen LogP contribution < -0.4 is 5.14 Å². The van der Waals surface area contributed by atoms with Crippen molar-refractivity contribution in [1.82, 2.24) is 4.90 Å². The Morgan fingerprint density at radius 3 is 1.94 bits per heavy atom. The van der Waals surface area contributed by atoms with Crippen molar-refractivity contribution in [3.05, 3.63) is 112 Å². The quantitative estimate of drug-likeness (QED) is 0.399. The first-order chi connectivity index (χ1) is 16.9. The zero-order valence-corrected chi connectivity index (χ0v) is 20.8. The van der Waals surface area contributed by atoms with Crippen LogP contribution in [0.1, 0.15) is 47.6 Å². The van der Waals surface area contributed by atoms with Gasteiger partial charge in [-0.3, -0.25) is 4.90 Å². The zero-order chi connectivity index (χ0) is 24.4. The molecule has 3 aromatic carbocycles. The maximum absolute atomic E-state index is 11.5. The Morgan fingerprint density at radius 2 is 1.40 bits per heavy atom. The second-order valence-electron chi connectivity index (χ2n) is 9.24. The van der Waals surface area contributed by atoms with Gasteiger partial charge in [-0.15, -0.1) is 0 Å². The van der Waals surface area contributed by atoms with Gasteiger partial charge in [-0.1, -0.05) is 84.5 Å². The summed E-state index contributed by atoms with van der Waals surface area (Å²) in [6, 6.07) is 24.2. The van der Waals surface area contributed by atoms with E-state index in [1.807, 2.05) is 12.1 Å². The molecule has 0 spiro atoms. The lowest BCUT2D eigenvalue weighted by Gasteiger charge is -2.30. The number of piperidine rings is 1. The first-order valence-electron chi connectivity index (χ1n) is 12.0. The summed E-state index contributed by atoms with van der Waals surface area (Å²) in [5.74, 6) is 0. The standard InChI is InChI=1S/C30H30N2O2S/c1-22(23-12-14-27(15-13-23)35(31,33)34)16-19-32-20-17-26(18-21-32)30-28-8-4-2-6-24(28)10-11-25-7-3-5-9-29(25)30/h2-16H,17-21H2,1H3,(H2,31,33,34). The number of nitrogens with two attached hydrogens (primary N) is 1. The van der Waals surface area contributed by atoms with Crippen molar-refractivity contribution >= 4 is 33.3 Å². The highest BCUT2D eigenvalue weighted by atomic mass is 32.2. The summed E-state index contributed by atoms with van der Waals surface area (Å²) in [5, 5.41) is 5.21. The van der Waals surface area contributed by atoms with Gasteiger partial charge in [0, 0.05) is 19.6 Å². The molecule has 178 valence electrons. The molecule has 0 unspecified atom stereocenters. The molecule has 2 N–H and O–H groups in total. The number of hydrogen-bond acceptors (Lipinski definition) is 3. The Morgan fingerprint density at radius 1 is 0.857 bits per heavy atom. The summed E-state index contributed by atoms with van der Waals surface area (Å²) in [5.41, 5.74) is 10.3. The van der Waals surface area contributed by atoms with E-state index in [9.17, 15) is 8.42 Å². The maximum atomic E-state index is 11.5. The minimum Gasteiger partial charge on any atom is -0.299 e. The molecular formula is C30H30N2O2S. The lowest BCUT2D eigenvalue weighted by molar-refractivity contribution is 0.283. The number of allylic oxidation sites excluding steroid dienone is 1. The van der Waals surface area contributed by atoms with Crippen LogP contribution >= 0.6 is 0 Å². The average Bonchev–Trinajstić information content (AvgIpc) is 3.04. The fourth-order valence-electron chi connectivity index (χ4n) is 4.99. The van der Waals surface area contributed by atoms with E-state index in [1.165, 1.54) is 33.4 Å². The van der Waals surface area contributed by atoms with Crippen molar-refractivity contribution < 1.29 is 8.42 Å². The van der Waals surface area contributed by atoms with E-state index >= 15 is 0 Å². The Labute approximate surface area is 208 Å². The van der Waals surface area contributed by atoms with Crippen LogP contribution in [0.2, 0.25) is 0 Å². The first kappa shape index (κ1) is 23.5. The smallest absolute Gasteiger partial charge is 0.238 e. The van der Waals surface area contributed by atoms with Crippen molar-refractivity contribution in [2.24, 2.45) is 5.14 Å². The van der Waals surface area contributed by atoms with Gasteiger partial charge in [0.15, 0.2) is 0 Å². The minimum atomic E-state index is -3.66. The lowest BCUT2D eigenvalue weighted by Crippen LogP contribution is -2.31. The Bertz CT molecular complexity index is 1390. The fourth-order valence-corrected chi connectivity index (χ4v) is 5.51. The number of primary sulfonamides is 1. The third-order valence-corrected chi connectivity index (χ3v) is 7.94. The number of hydrogen-bond donors (Lipinski definition) is 1. The number of sulfonamides is 1. The van der Waals surface area contributed by atoms with Crippen molar-refractivity contribution in [1.29, 1.82) is 0 Å². The van der Waals surface area contributed by atoms with Crippen LogP contribution in [0.4, 0.5) is 0 Å². The van der Waals surface area contributed by atoms with Crippen molar-refractivity contribution in [2.45, 2.75) is 24.7 Å². The van der Waals surface area contributed by atoms with E-state index in [0.717, 1.165) is 43.6 Å². The normalized spacial score (nSPS) is 16.6. The molecule has 5 rings (SSSR count). The lowest BCUT2D eigenvalue weighted by atomic mass is 9.86. The fraction of sp³-hybridized carbons (Fsp3) is 0.200. The van der Waals surface area contributed by atoms with E-state index in [0.29, 0.717) is 0 Å². The van der Waals surface area contributed by atoms with E-state index < -0.39 is 10.0 Å². The molecule has 1 saturated heterocycles. The van der Waals surface area contributed by atoms with E-state index in [1.54, 1.807) is 12.1 Å². The molecule has 0 atom stereocenters. The molecule has 1 aliphatic carbocycles. The van der Waals surface area contributed by atoms with Crippen LogP contribution in [-0.4, -0.2) is 33.0 Å². The van der Waals surface area contributed by atoms with Gasteiger partial charge in [-0.25, -0.2) is 13.6 Å². The second kappa shape index (κ2) is 9.78. The highest BCUT2D eigenvalue weighted by Gasteiger charge is 2.22. The molecule has 0 aromatic heterocycles. The Balaban J connectivity index is 1.33. The predicted octanol–water partition coefficient (Wildman–Crippen LogP) is 5.82. The number of fused-ring (bicyclic) bond motifs is 2. The average molecular weight is 483 g/mol. The molecule has 3 aromatic rings. The van der Waals surface area contributed by atoms with Gasteiger partial charge in [0.05, 0.1) is 4.90 Å². The molecule has 2 aliphatic rings. The Kier molecular flexibility index (Phi) is 6.56. The Hall–Kier alpha value is -3.25. The van der Waals surface area contributed by atoms with Crippen LogP contribution in [0, 0.1) is 0 Å². The zero-order valence-electron chi connectivity index (χ0n) is 19.9. The van der Waals surface area contributed by atoms with Crippen LogP contribution in [0.5, 0.6) is 0 Å². The predicted molar refractivity (Wildman–Crippen MR) is 145 cm³/mol. The first-order valence-corrected chi connectivity index (χ1v) is 13.6. The van der Waals surface area contributed by atoms with Gasteiger partial charge in [0.2, 0.25) is 10.0 Å². The van der Waals surface area contributed by atoms with Crippen LogP contribution in [0.25, 0.3) is 23.3 Å². The second-order valence-corrected chi connectivity index (χ2v) is 10.8. The molecule has 0 amide bonds. The molecule has 0 saturated carbocycles. The number of nitrogens with zero attached hydrogens (tertiary/aromatic N) is 1. The third-order valence-electron chi connectivity index (χ3n) is 7.01. The highest BCUT2D eigenvalue weighted by molar-refractivity contribution is 7.89. The van der Waals surface area contributed by atoms with E-state index in [-0.39, 0.29) is 4.90 Å². The number of rotatable bonds is 4. The number of benzene rings is 3. The van der Waals surface area contributed by atoms with E-state index in [4.69, 9.17) is 5.14 Å². The van der Waals surface area contributed by atoms with E-state index in [2.05, 4.69) is 78.6 Å². The SMILES string of the molecule is CC(=CCN1CCC(=C2c3ccccc3C=Cc3ccccc32)CC1)c1ccc(S(N)(=O)=O)cc1. The molecular weight excluding hydrogens is 452 g/mol. The van der Waals surface area contributed by atoms with Crippen molar-refractivity contribution in [2.75, 3.05) is 19.6 Å². The van der Waals surface area contributed by atoms with Crippen LogP contribution in [0.15, 0.2) is 89.3 Å². The summed E-state index contributed by atoms with van der Waals surface area (Å²) < 4.78 is 23.0. The molecule has 1 fully saturated rings. The third kappa shape index (κ3) is 5.08. The molecule has 1 heterocycles. The van der Waals surface area contributed by atoms with Gasteiger partial charge in [0.25, 0.3) is 0 Å².